The van der Waals surface area contributed by atoms with E-state index in [2.05, 4.69) is 5.73 Å². The molecule has 0 bridgehead atoms. The Morgan fingerprint density at radius 2 is 1.85 bits per heavy atom. The number of phenolic OH excluding ortho intramolecular Hbond substituents is 1. The Morgan fingerprint density at radius 3 is 2.23 bits per heavy atom. The molecule has 1 aromatic rings. The molecule has 13 heavy (non-hydrogen) atoms. The SMILES string of the molecule is [Cl-].[NH3+][C@@H](C(=O)Cl)c1ccc(O)cc1. The van der Waals surface area contributed by atoms with E-state index >= 15 is 0 Å². The molecule has 0 aliphatic carbocycles. The molecule has 0 unspecified atom stereocenters. The monoisotopic (exact) mass is 221 g/mol. The van der Waals surface area contributed by atoms with E-state index in [9.17, 15) is 4.79 Å². The highest BCUT2D eigenvalue weighted by Gasteiger charge is 2.16. The number of rotatable bonds is 2. The van der Waals surface area contributed by atoms with Gasteiger partial charge in [0.05, 0.1) is 0 Å². The zero-order chi connectivity index (χ0) is 9.14. The minimum Gasteiger partial charge on any atom is -1.00 e. The molecule has 0 fully saturated rings. The Balaban J connectivity index is 0.00000144. The van der Waals surface area contributed by atoms with Gasteiger partial charge in [0, 0.05) is 5.56 Å². The summed E-state index contributed by atoms with van der Waals surface area (Å²) in [5.41, 5.74) is 4.28. The van der Waals surface area contributed by atoms with Gasteiger partial charge in [0.15, 0.2) is 6.04 Å². The molecule has 0 saturated carbocycles. The fourth-order valence-corrected chi connectivity index (χ4v) is 0.964. The second-order valence-corrected chi connectivity index (χ2v) is 2.82. The van der Waals surface area contributed by atoms with Gasteiger partial charge in [-0.15, -0.1) is 0 Å². The van der Waals surface area contributed by atoms with Crippen molar-refractivity contribution in [2.24, 2.45) is 0 Å². The van der Waals surface area contributed by atoms with Crippen LogP contribution in [0, 0.1) is 0 Å². The van der Waals surface area contributed by atoms with E-state index in [0.717, 1.165) is 0 Å². The molecule has 0 saturated heterocycles. The first-order chi connectivity index (χ1) is 5.61. The van der Waals surface area contributed by atoms with Crippen molar-refractivity contribution in [1.29, 1.82) is 0 Å². The van der Waals surface area contributed by atoms with Crippen LogP contribution in [0.25, 0.3) is 0 Å². The summed E-state index contributed by atoms with van der Waals surface area (Å²) in [7, 11) is 0. The molecule has 4 N–H and O–H groups in total. The maximum Gasteiger partial charge on any atom is 0.283 e. The van der Waals surface area contributed by atoms with Gasteiger partial charge in [0.25, 0.3) is 5.24 Å². The van der Waals surface area contributed by atoms with E-state index in [4.69, 9.17) is 16.7 Å². The van der Waals surface area contributed by atoms with Crippen molar-refractivity contribution in [3.05, 3.63) is 29.8 Å². The Kier molecular flexibility index (Phi) is 4.77. The number of aromatic hydroxyl groups is 1. The lowest BCUT2D eigenvalue weighted by molar-refractivity contribution is -0.407. The lowest BCUT2D eigenvalue weighted by Crippen LogP contribution is -3.00. The van der Waals surface area contributed by atoms with Crippen LogP contribution in [0.2, 0.25) is 0 Å². The number of hydrogen-bond acceptors (Lipinski definition) is 2. The number of hydrogen-bond donors (Lipinski definition) is 2. The zero-order valence-electron chi connectivity index (χ0n) is 6.71. The topological polar surface area (TPSA) is 64.9 Å². The highest BCUT2D eigenvalue weighted by molar-refractivity contribution is 6.64. The Hall–Kier alpha value is -0.770. The molecule has 72 valence electrons. The van der Waals surface area contributed by atoms with Gasteiger partial charge < -0.3 is 23.2 Å². The second kappa shape index (κ2) is 5.07. The lowest BCUT2D eigenvalue weighted by atomic mass is 10.1. The van der Waals surface area contributed by atoms with Crippen LogP contribution in [0.15, 0.2) is 24.3 Å². The van der Waals surface area contributed by atoms with Crippen molar-refractivity contribution in [3.8, 4) is 5.75 Å². The van der Waals surface area contributed by atoms with E-state index in [-0.39, 0.29) is 18.2 Å². The van der Waals surface area contributed by atoms with Crippen LogP contribution in [0.3, 0.4) is 0 Å². The molecule has 0 aromatic heterocycles. The van der Waals surface area contributed by atoms with Crippen molar-refractivity contribution < 1.29 is 28.0 Å². The lowest BCUT2D eigenvalue weighted by Gasteiger charge is -2.02. The fraction of sp³-hybridized carbons (Fsp3) is 0.125. The predicted octanol–water partition coefficient (Wildman–Crippen LogP) is -2.56. The molecule has 0 aliphatic heterocycles. The summed E-state index contributed by atoms with van der Waals surface area (Å²) in [6.07, 6.45) is 0. The average Bonchev–Trinajstić information content (AvgIpc) is 2.04. The quantitative estimate of drug-likeness (QED) is 0.541. The first kappa shape index (κ1) is 12.2. The number of phenols is 1. The van der Waals surface area contributed by atoms with Gasteiger partial charge in [0.1, 0.15) is 5.75 Å². The number of carbonyl (C=O) groups excluding carboxylic acids is 1. The zero-order valence-corrected chi connectivity index (χ0v) is 8.22. The third kappa shape index (κ3) is 3.22. The van der Waals surface area contributed by atoms with Crippen LogP contribution in [0.1, 0.15) is 11.6 Å². The summed E-state index contributed by atoms with van der Waals surface area (Å²) < 4.78 is 0. The standard InChI is InChI=1S/C8H8ClNO2.ClH/c9-8(12)7(10)5-1-3-6(11)4-2-5;/h1-4,7,11H,10H2;1H/t7-;/m1./s1. The van der Waals surface area contributed by atoms with Crippen molar-refractivity contribution in [1.82, 2.24) is 0 Å². The van der Waals surface area contributed by atoms with Gasteiger partial charge in [-0.1, -0.05) is 0 Å². The summed E-state index contributed by atoms with van der Waals surface area (Å²) in [5.74, 6) is 0.160. The number of halogens is 2. The summed E-state index contributed by atoms with van der Waals surface area (Å²) in [6.45, 7) is 0. The minimum absolute atomic E-state index is 0. The van der Waals surface area contributed by atoms with Crippen molar-refractivity contribution in [3.63, 3.8) is 0 Å². The average molecular weight is 222 g/mol. The van der Waals surface area contributed by atoms with Crippen LogP contribution >= 0.6 is 11.6 Å². The number of benzene rings is 1. The molecular weight excluding hydrogens is 213 g/mol. The van der Waals surface area contributed by atoms with Crippen LogP contribution in [-0.4, -0.2) is 10.3 Å². The number of carbonyl (C=O) groups is 1. The van der Waals surface area contributed by atoms with E-state index in [0.29, 0.717) is 5.56 Å². The van der Waals surface area contributed by atoms with Gasteiger partial charge in [-0.3, -0.25) is 4.79 Å². The maximum absolute atomic E-state index is 10.7. The summed E-state index contributed by atoms with van der Waals surface area (Å²) in [5, 5.41) is 8.44. The largest absolute Gasteiger partial charge is 1.00 e. The van der Waals surface area contributed by atoms with Gasteiger partial charge in [0.2, 0.25) is 0 Å². The van der Waals surface area contributed by atoms with E-state index in [1.54, 1.807) is 12.1 Å². The normalized spacial score (nSPS) is 11.5. The third-order valence-corrected chi connectivity index (χ3v) is 1.83. The van der Waals surface area contributed by atoms with E-state index in [1.165, 1.54) is 12.1 Å². The Labute approximate surface area is 86.9 Å². The highest BCUT2D eigenvalue weighted by Crippen LogP contribution is 2.15. The highest BCUT2D eigenvalue weighted by atomic mass is 35.5. The van der Waals surface area contributed by atoms with Gasteiger partial charge in [-0.25, -0.2) is 0 Å². The van der Waals surface area contributed by atoms with Gasteiger partial charge in [-0.2, -0.15) is 0 Å². The van der Waals surface area contributed by atoms with Crippen molar-refractivity contribution in [2.75, 3.05) is 0 Å². The van der Waals surface area contributed by atoms with Crippen molar-refractivity contribution in [2.45, 2.75) is 6.04 Å². The van der Waals surface area contributed by atoms with E-state index < -0.39 is 11.3 Å². The predicted molar refractivity (Wildman–Crippen MR) is 44.6 cm³/mol. The van der Waals surface area contributed by atoms with Crippen LogP contribution in [0.5, 0.6) is 5.75 Å². The molecular formula is C8H9Cl2NO2. The minimum atomic E-state index is -0.563. The molecule has 0 heterocycles. The van der Waals surface area contributed by atoms with E-state index in [1.807, 2.05) is 0 Å². The summed E-state index contributed by atoms with van der Waals surface area (Å²) >= 11 is 5.24. The molecule has 5 heteroatoms. The van der Waals surface area contributed by atoms with Crippen molar-refractivity contribution >= 4 is 16.8 Å². The molecule has 0 radical (unpaired) electrons. The number of quaternary nitrogens is 1. The molecule has 0 spiro atoms. The molecule has 1 aromatic carbocycles. The molecule has 0 amide bonds. The molecule has 0 aliphatic rings. The first-order valence-corrected chi connectivity index (χ1v) is 3.80. The third-order valence-electron chi connectivity index (χ3n) is 1.57. The van der Waals surface area contributed by atoms with Gasteiger partial charge in [-0.05, 0) is 35.9 Å². The summed E-state index contributed by atoms with van der Waals surface area (Å²) in [6, 6.07) is 5.66. The van der Waals surface area contributed by atoms with Crippen LogP contribution in [-0.2, 0) is 4.79 Å². The first-order valence-electron chi connectivity index (χ1n) is 3.42. The Bertz CT molecular complexity index is 287. The smallest absolute Gasteiger partial charge is 0.283 e. The van der Waals surface area contributed by atoms with Gasteiger partial charge >= 0.3 is 0 Å². The molecule has 3 nitrogen and oxygen atoms in total. The second-order valence-electron chi connectivity index (χ2n) is 2.45. The molecule has 1 atom stereocenters. The van der Waals surface area contributed by atoms with Crippen LogP contribution < -0.4 is 18.1 Å². The fourth-order valence-electron chi connectivity index (χ4n) is 0.838. The summed E-state index contributed by atoms with van der Waals surface area (Å²) in [4.78, 5) is 10.7. The van der Waals surface area contributed by atoms with Crippen LogP contribution in [0.4, 0.5) is 0 Å². The maximum atomic E-state index is 10.7. The Morgan fingerprint density at radius 1 is 1.38 bits per heavy atom. The molecule has 1 rings (SSSR count).